The van der Waals surface area contributed by atoms with Crippen LogP contribution in [0.2, 0.25) is 0 Å². The van der Waals surface area contributed by atoms with Gasteiger partial charge >= 0.3 is 0 Å². The summed E-state index contributed by atoms with van der Waals surface area (Å²) in [6, 6.07) is 8.56. The number of fused-ring (bicyclic) bond motifs is 2. The van der Waals surface area contributed by atoms with E-state index in [9.17, 15) is 19.6 Å². The van der Waals surface area contributed by atoms with Gasteiger partial charge in [0.25, 0.3) is 0 Å². The van der Waals surface area contributed by atoms with E-state index in [1.807, 2.05) is 0 Å². The molecule has 0 unspecified atom stereocenters. The zero-order valence-corrected chi connectivity index (χ0v) is 9.58. The van der Waals surface area contributed by atoms with Crippen LogP contribution in [0.1, 0.15) is 31.8 Å². The maximum atomic E-state index is 12.3. The van der Waals surface area contributed by atoms with Crippen LogP contribution in [-0.4, -0.2) is 16.7 Å². The lowest BCUT2D eigenvalue weighted by molar-refractivity contribution is 0.0977. The third-order valence-corrected chi connectivity index (χ3v) is 3.13. The number of rotatable bonds is 1. The van der Waals surface area contributed by atoms with Crippen LogP contribution in [0.4, 0.5) is 5.69 Å². The predicted molar refractivity (Wildman–Crippen MR) is 66.9 cm³/mol. The molecule has 0 saturated carbocycles. The standard InChI is InChI=1S/C14H7NO4/c16-10-6-2-4-8-12(10)14(18)7-3-1-5-9(15-19)11(7)13(8)17/h1-6,16H. The monoisotopic (exact) mass is 253 g/mol. The average molecular weight is 253 g/mol. The van der Waals surface area contributed by atoms with Crippen LogP contribution in [-0.2, 0) is 0 Å². The van der Waals surface area contributed by atoms with Crippen LogP contribution >= 0.6 is 0 Å². The van der Waals surface area contributed by atoms with Gasteiger partial charge in [-0.3, -0.25) is 9.59 Å². The highest BCUT2D eigenvalue weighted by atomic mass is 16.3. The van der Waals surface area contributed by atoms with E-state index in [0.717, 1.165) is 0 Å². The first kappa shape index (κ1) is 11.3. The first-order valence-corrected chi connectivity index (χ1v) is 5.53. The second-order valence-corrected chi connectivity index (χ2v) is 4.15. The number of hydrogen-bond donors (Lipinski definition) is 1. The molecule has 2 aromatic rings. The Labute approximate surface area is 107 Å². The zero-order chi connectivity index (χ0) is 13.6. The van der Waals surface area contributed by atoms with Crippen molar-refractivity contribution in [3.63, 3.8) is 0 Å². The highest BCUT2D eigenvalue weighted by molar-refractivity contribution is 6.30. The van der Waals surface area contributed by atoms with Crippen molar-refractivity contribution in [1.82, 2.24) is 0 Å². The molecule has 19 heavy (non-hydrogen) atoms. The van der Waals surface area contributed by atoms with Gasteiger partial charge in [-0.05, 0) is 17.3 Å². The molecule has 0 bridgehead atoms. The number of nitroso groups, excluding NO2 is 1. The smallest absolute Gasteiger partial charge is 0.198 e. The van der Waals surface area contributed by atoms with Gasteiger partial charge in [0.2, 0.25) is 0 Å². The number of phenols is 1. The Morgan fingerprint density at radius 1 is 0.842 bits per heavy atom. The van der Waals surface area contributed by atoms with E-state index in [0.29, 0.717) is 0 Å². The number of phenolic OH excluding ortho intramolecular Hbond substituents is 1. The van der Waals surface area contributed by atoms with Gasteiger partial charge in [-0.25, -0.2) is 0 Å². The highest BCUT2D eigenvalue weighted by Crippen LogP contribution is 2.36. The maximum absolute atomic E-state index is 12.3. The maximum Gasteiger partial charge on any atom is 0.198 e. The number of ketones is 2. The Balaban J connectivity index is 2.39. The van der Waals surface area contributed by atoms with Crippen LogP contribution in [0, 0.1) is 4.91 Å². The Kier molecular flexibility index (Phi) is 2.28. The highest BCUT2D eigenvalue weighted by Gasteiger charge is 2.33. The predicted octanol–water partition coefficient (Wildman–Crippen LogP) is 2.57. The summed E-state index contributed by atoms with van der Waals surface area (Å²) in [6.07, 6.45) is 0. The van der Waals surface area contributed by atoms with Crippen molar-refractivity contribution in [3.8, 4) is 5.75 Å². The molecule has 0 fully saturated rings. The Hall–Kier alpha value is -2.82. The minimum absolute atomic E-state index is 0.000556. The van der Waals surface area contributed by atoms with Crippen molar-refractivity contribution in [2.24, 2.45) is 5.18 Å². The first-order chi connectivity index (χ1) is 9.15. The molecule has 5 heteroatoms. The van der Waals surface area contributed by atoms with E-state index in [-0.39, 0.29) is 33.7 Å². The third kappa shape index (κ3) is 1.41. The molecule has 2 aromatic carbocycles. The molecule has 0 heterocycles. The van der Waals surface area contributed by atoms with Gasteiger partial charge in [-0.15, -0.1) is 4.91 Å². The molecule has 92 valence electrons. The molecular weight excluding hydrogens is 246 g/mol. The van der Waals surface area contributed by atoms with Crippen LogP contribution < -0.4 is 0 Å². The lowest BCUT2D eigenvalue weighted by Crippen LogP contribution is -2.21. The average Bonchev–Trinajstić information content (AvgIpc) is 2.43. The Morgan fingerprint density at radius 2 is 1.42 bits per heavy atom. The summed E-state index contributed by atoms with van der Waals surface area (Å²) in [5.41, 5.74) is 0.0955. The van der Waals surface area contributed by atoms with Crippen molar-refractivity contribution in [2.45, 2.75) is 0 Å². The van der Waals surface area contributed by atoms with E-state index >= 15 is 0 Å². The molecule has 0 amide bonds. The van der Waals surface area contributed by atoms with Crippen molar-refractivity contribution in [1.29, 1.82) is 0 Å². The van der Waals surface area contributed by atoms with E-state index in [4.69, 9.17) is 0 Å². The number of aromatic hydroxyl groups is 1. The quantitative estimate of drug-likeness (QED) is 0.675. The Bertz CT molecular complexity index is 749. The number of benzene rings is 2. The molecule has 5 nitrogen and oxygen atoms in total. The molecule has 0 aromatic heterocycles. The van der Waals surface area contributed by atoms with Crippen LogP contribution in [0.15, 0.2) is 41.6 Å². The fourth-order valence-electron chi connectivity index (χ4n) is 2.28. The lowest BCUT2D eigenvalue weighted by Gasteiger charge is -2.18. The number of carbonyl (C=O) groups is 2. The zero-order valence-electron chi connectivity index (χ0n) is 9.58. The summed E-state index contributed by atoms with van der Waals surface area (Å²) >= 11 is 0. The van der Waals surface area contributed by atoms with E-state index < -0.39 is 11.6 Å². The van der Waals surface area contributed by atoms with Gasteiger partial charge in [-0.2, -0.15) is 0 Å². The summed E-state index contributed by atoms with van der Waals surface area (Å²) in [7, 11) is 0. The largest absolute Gasteiger partial charge is 0.507 e. The molecule has 1 aliphatic rings. The number of hydrogen-bond acceptors (Lipinski definition) is 5. The lowest BCUT2D eigenvalue weighted by atomic mass is 9.83. The summed E-state index contributed by atoms with van der Waals surface area (Å²) in [4.78, 5) is 35.4. The van der Waals surface area contributed by atoms with Crippen molar-refractivity contribution >= 4 is 17.3 Å². The van der Waals surface area contributed by atoms with Gasteiger partial charge in [0, 0.05) is 11.1 Å². The topological polar surface area (TPSA) is 83.8 Å². The molecule has 0 aliphatic heterocycles. The molecule has 0 saturated heterocycles. The van der Waals surface area contributed by atoms with Crippen LogP contribution in [0.25, 0.3) is 0 Å². The van der Waals surface area contributed by atoms with Crippen molar-refractivity contribution in [2.75, 3.05) is 0 Å². The van der Waals surface area contributed by atoms with Gasteiger partial charge < -0.3 is 5.11 Å². The van der Waals surface area contributed by atoms with Crippen LogP contribution in [0.5, 0.6) is 5.75 Å². The van der Waals surface area contributed by atoms with E-state index in [1.54, 1.807) is 0 Å². The molecule has 0 atom stereocenters. The molecular formula is C14H7NO4. The minimum atomic E-state index is -0.479. The Morgan fingerprint density at radius 3 is 2.11 bits per heavy atom. The van der Waals surface area contributed by atoms with Gasteiger partial charge in [-0.1, -0.05) is 24.3 Å². The normalized spacial score (nSPS) is 12.8. The van der Waals surface area contributed by atoms with Crippen LogP contribution in [0.3, 0.4) is 0 Å². The molecule has 0 radical (unpaired) electrons. The fraction of sp³-hybridized carbons (Fsp3) is 0. The SMILES string of the molecule is O=Nc1cccc2c1C(=O)c1cccc(O)c1C2=O. The fourth-order valence-corrected chi connectivity index (χ4v) is 2.28. The molecule has 1 aliphatic carbocycles. The van der Waals surface area contributed by atoms with Crippen molar-refractivity contribution < 1.29 is 14.7 Å². The molecule has 1 N–H and O–H groups in total. The summed E-state index contributed by atoms with van der Waals surface area (Å²) < 4.78 is 0. The second-order valence-electron chi connectivity index (χ2n) is 4.15. The first-order valence-electron chi connectivity index (χ1n) is 5.53. The van der Waals surface area contributed by atoms with Gasteiger partial charge in [0.05, 0.1) is 11.1 Å². The van der Waals surface area contributed by atoms with E-state index in [2.05, 4.69) is 5.18 Å². The third-order valence-electron chi connectivity index (χ3n) is 3.13. The summed E-state index contributed by atoms with van der Waals surface area (Å²) in [5, 5.41) is 12.5. The molecule has 3 rings (SSSR count). The minimum Gasteiger partial charge on any atom is -0.507 e. The van der Waals surface area contributed by atoms with Crippen molar-refractivity contribution in [3.05, 3.63) is 63.6 Å². The van der Waals surface area contributed by atoms with E-state index in [1.165, 1.54) is 36.4 Å². The van der Waals surface area contributed by atoms with Gasteiger partial charge in [0.15, 0.2) is 11.6 Å². The summed E-state index contributed by atoms with van der Waals surface area (Å²) in [6.45, 7) is 0. The molecule has 0 spiro atoms. The van der Waals surface area contributed by atoms with Gasteiger partial charge in [0.1, 0.15) is 11.4 Å². The number of carbonyl (C=O) groups excluding carboxylic acids is 2. The number of nitrogens with zero attached hydrogens (tertiary/aromatic N) is 1. The summed E-state index contributed by atoms with van der Waals surface area (Å²) in [5.74, 6) is -1.20. The second kappa shape index (κ2) is 3.84.